The fraction of sp³-hybridized carbons (Fsp3) is 0.450. The van der Waals surface area contributed by atoms with Gasteiger partial charge >= 0.3 is 0 Å². The maximum Gasteiger partial charge on any atom is 0.226 e. The SMILES string of the molecule is COc1ccc2cc(CN(C)C(=O)[C@@H]3CCC[C@@H]3CN)ccc2c1. The first-order chi connectivity index (χ1) is 11.6. The topological polar surface area (TPSA) is 55.6 Å². The van der Waals surface area contributed by atoms with Gasteiger partial charge in [0.1, 0.15) is 5.75 Å². The number of nitrogens with two attached hydrogens (primary N) is 1. The van der Waals surface area contributed by atoms with Crippen LogP contribution in [0.3, 0.4) is 0 Å². The number of rotatable bonds is 5. The molecule has 24 heavy (non-hydrogen) atoms. The Morgan fingerprint density at radius 3 is 2.71 bits per heavy atom. The first kappa shape index (κ1) is 16.8. The predicted octanol–water partition coefficient (Wildman–Crippen LogP) is 3.18. The van der Waals surface area contributed by atoms with Crippen molar-refractivity contribution in [2.75, 3.05) is 20.7 Å². The summed E-state index contributed by atoms with van der Waals surface area (Å²) in [5.74, 6) is 1.54. The maximum atomic E-state index is 12.7. The lowest BCUT2D eigenvalue weighted by Gasteiger charge is -2.24. The first-order valence-electron chi connectivity index (χ1n) is 8.64. The molecule has 0 aliphatic heterocycles. The molecule has 2 aromatic carbocycles. The van der Waals surface area contributed by atoms with Gasteiger partial charge in [0, 0.05) is 19.5 Å². The van der Waals surface area contributed by atoms with Gasteiger partial charge in [0.2, 0.25) is 5.91 Å². The number of hydrogen-bond acceptors (Lipinski definition) is 3. The van der Waals surface area contributed by atoms with Crippen LogP contribution in [0.25, 0.3) is 10.8 Å². The summed E-state index contributed by atoms with van der Waals surface area (Å²) < 4.78 is 5.26. The molecule has 1 aliphatic carbocycles. The van der Waals surface area contributed by atoms with Gasteiger partial charge in [-0.15, -0.1) is 0 Å². The van der Waals surface area contributed by atoms with E-state index < -0.39 is 0 Å². The molecular weight excluding hydrogens is 300 g/mol. The lowest BCUT2D eigenvalue weighted by atomic mass is 9.94. The van der Waals surface area contributed by atoms with Gasteiger partial charge in [0.05, 0.1) is 7.11 Å². The van der Waals surface area contributed by atoms with Crippen LogP contribution in [0.15, 0.2) is 36.4 Å². The highest BCUT2D eigenvalue weighted by atomic mass is 16.5. The van der Waals surface area contributed by atoms with Crippen molar-refractivity contribution < 1.29 is 9.53 Å². The summed E-state index contributed by atoms with van der Waals surface area (Å²) in [6.07, 6.45) is 3.17. The molecule has 1 saturated carbocycles. The molecule has 0 radical (unpaired) electrons. The fourth-order valence-electron chi connectivity index (χ4n) is 3.78. The molecule has 0 saturated heterocycles. The molecule has 1 fully saturated rings. The van der Waals surface area contributed by atoms with E-state index in [0.29, 0.717) is 19.0 Å². The number of hydrogen-bond donors (Lipinski definition) is 1. The summed E-state index contributed by atoms with van der Waals surface area (Å²) in [5.41, 5.74) is 6.96. The van der Waals surface area contributed by atoms with Crippen molar-refractivity contribution in [3.8, 4) is 5.75 Å². The van der Waals surface area contributed by atoms with Crippen LogP contribution >= 0.6 is 0 Å². The molecule has 3 rings (SSSR count). The van der Waals surface area contributed by atoms with E-state index in [1.54, 1.807) is 7.11 Å². The Balaban J connectivity index is 1.73. The summed E-state index contributed by atoms with van der Waals surface area (Å²) in [5, 5.41) is 2.31. The highest BCUT2D eigenvalue weighted by molar-refractivity contribution is 5.85. The number of methoxy groups -OCH3 is 1. The van der Waals surface area contributed by atoms with Crippen molar-refractivity contribution in [2.45, 2.75) is 25.8 Å². The molecule has 4 nitrogen and oxygen atoms in total. The van der Waals surface area contributed by atoms with Gasteiger partial charge in [-0.25, -0.2) is 0 Å². The van der Waals surface area contributed by atoms with Gasteiger partial charge in [-0.3, -0.25) is 4.79 Å². The number of carbonyl (C=O) groups excluding carboxylic acids is 1. The Hall–Kier alpha value is -2.07. The van der Waals surface area contributed by atoms with Crippen LogP contribution in [0.5, 0.6) is 5.75 Å². The van der Waals surface area contributed by atoms with E-state index in [4.69, 9.17) is 10.5 Å². The molecular formula is C20H26N2O2. The second kappa shape index (κ2) is 7.22. The Bertz CT molecular complexity index is 729. The molecule has 1 aliphatic rings. The minimum Gasteiger partial charge on any atom is -0.497 e. The lowest BCUT2D eigenvalue weighted by molar-refractivity contribution is -0.135. The van der Waals surface area contributed by atoms with Crippen molar-refractivity contribution in [1.29, 1.82) is 0 Å². The minimum absolute atomic E-state index is 0.102. The molecule has 0 heterocycles. The molecule has 2 N–H and O–H groups in total. The summed E-state index contributed by atoms with van der Waals surface area (Å²) in [7, 11) is 3.57. The molecule has 0 unspecified atom stereocenters. The van der Waals surface area contributed by atoms with E-state index in [9.17, 15) is 4.79 Å². The highest BCUT2D eigenvalue weighted by Crippen LogP contribution is 2.32. The van der Waals surface area contributed by atoms with Crippen LogP contribution in [0.4, 0.5) is 0 Å². The van der Waals surface area contributed by atoms with Crippen LogP contribution in [0, 0.1) is 11.8 Å². The molecule has 2 aromatic rings. The summed E-state index contributed by atoms with van der Waals surface area (Å²) >= 11 is 0. The molecule has 0 spiro atoms. The Labute approximate surface area is 143 Å². The van der Waals surface area contributed by atoms with Crippen molar-refractivity contribution in [2.24, 2.45) is 17.6 Å². The Kier molecular flexibility index (Phi) is 5.05. The molecule has 128 valence electrons. The zero-order chi connectivity index (χ0) is 17.1. The van der Waals surface area contributed by atoms with Gasteiger partial charge in [0.15, 0.2) is 0 Å². The fourth-order valence-corrected chi connectivity index (χ4v) is 3.78. The third kappa shape index (κ3) is 3.39. The number of amides is 1. The van der Waals surface area contributed by atoms with Crippen molar-refractivity contribution in [3.05, 3.63) is 42.0 Å². The molecule has 0 bridgehead atoms. The standard InChI is InChI=1S/C20H26N2O2/c1-22(20(23)19-5-3-4-17(19)12-21)13-14-6-7-16-11-18(24-2)9-8-15(16)10-14/h6-11,17,19H,3-5,12-13,21H2,1-2H3/t17-,19-/m1/s1. The van der Waals surface area contributed by atoms with Crippen LogP contribution in [-0.4, -0.2) is 31.5 Å². The zero-order valence-corrected chi connectivity index (χ0v) is 14.5. The number of fused-ring (bicyclic) bond motifs is 1. The summed E-state index contributed by atoms with van der Waals surface area (Å²) in [6.45, 7) is 1.25. The third-order valence-electron chi connectivity index (χ3n) is 5.19. The van der Waals surface area contributed by atoms with E-state index in [-0.39, 0.29) is 11.8 Å². The second-order valence-electron chi connectivity index (χ2n) is 6.77. The summed E-state index contributed by atoms with van der Waals surface area (Å²) in [4.78, 5) is 14.6. The van der Waals surface area contributed by atoms with Gasteiger partial charge < -0.3 is 15.4 Å². The van der Waals surface area contributed by atoms with Crippen LogP contribution in [0.2, 0.25) is 0 Å². The van der Waals surface area contributed by atoms with Gasteiger partial charge in [-0.2, -0.15) is 0 Å². The quantitative estimate of drug-likeness (QED) is 0.918. The molecule has 0 aromatic heterocycles. The van der Waals surface area contributed by atoms with Crippen LogP contribution < -0.4 is 10.5 Å². The van der Waals surface area contributed by atoms with E-state index in [0.717, 1.165) is 41.3 Å². The third-order valence-corrected chi connectivity index (χ3v) is 5.19. The maximum absolute atomic E-state index is 12.7. The van der Waals surface area contributed by atoms with E-state index >= 15 is 0 Å². The molecule has 1 amide bonds. The Morgan fingerprint density at radius 2 is 1.96 bits per heavy atom. The van der Waals surface area contributed by atoms with Crippen molar-refractivity contribution >= 4 is 16.7 Å². The molecule has 2 atom stereocenters. The number of ether oxygens (including phenoxy) is 1. The van der Waals surface area contributed by atoms with Crippen molar-refractivity contribution in [3.63, 3.8) is 0 Å². The van der Waals surface area contributed by atoms with Crippen LogP contribution in [0.1, 0.15) is 24.8 Å². The number of benzene rings is 2. The highest BCUT2D eigenvalue weighted by Gasteiger charge is 2.33. The Morgan fingerprint density at radius 1 is 1.21 bits per heavy atom. The monoisotopic (exact) mass is 326 g/mol. The number of nitrogens with zero attached hydrogens (tertiary/aromatic N) is 1. The predicted molar refractivity (Wildman–Crippen MR) is 96.9 cm³/mol. The average molecular weight is 326 g/mol. The minimum atomic E-state index is 0.102. The van der Waals surface area contributed by atoms with Gasteiger partial charge in [-0.05, 0) is 59.8 Å². The first-order valence-corrected chi connectivity index (χ1v) is 8.64. The zero-order valence-electron chi connectivity index (χ0n) is 14.5. The summed E-state index contributed by atoms with van der Waals surface area (Å²) in [6, 6.07) is 12.4. The van der Waals surface area contributed by atoms with E-state index in [1.807, 2.05) is 24.1 Å². The number of carbonyl (C=O) groups is 1. The largest absolute Gasteiger partial charge is 0.497 e. The second-order valence-corrected chi connectivity index (χ2v) is 6.77. The normalized spacial score (nSPS) is 20.3. The smallest absolute Gasteiger partial charge is 0.226 e. The average Bonchev–Trinajstić information content (AvgIpc) is 3.09. The van der Waals surface area contributed by atoms with E-state index in [2.05, 4.69) is 24.3 Å². The lowest BCUT2D eigenvalue weighted by Crippen LogP contribution is -2.36. The van der Waals surface area contributed by atoms with Crippen molar-refractivity contribution in [1.82, 2.24) is 4.90 Å². The van der Waals surface area contributed by atoms with E-state index in [1.165, 1.54) is 0 Å². The van der Waals surface area contributed by atoms with Gasteiger partial charge in [0.25, 0.3) is 0 Å². The molecule has 4 heteroatoms. The van der Waals surface area contributed by atoms with Crippen LogP contribution in [-0.2, 0) is 11.3 Å². The van der Waals surface area contributed by atoms with Gasteiger partial charge in [-0.1, -0.05) is 24.6 Å².